The van der Waals surface area contributed by atoms with Crippen molar-refractivity contribution in [2.75, 3.05) is 84.7 Å². The van der Waals surface area contributed by atoms with Crippen molar-refractivity contribution in [1.82, 2.24) is 43.0 Å². The fourth-order valence-electron chi connectivity index (χ4n) is 14.4. The Morgan fingerprint density at radius 3 is 1.05 bits per heavy atom. The fraction of sp³-hybridized carbons (Fsp3) is 0.442. The van der Waals surface area contributed by atoms with Gasteiger partial charge < -0.3 is 76.0 Å². The number of carboxylic acids is 1. The Labute approximate surface area is 781 Å². The Morgan fingerprint density at radius 1 is 0.470 bits per heavy atom. The van der Waals surface area contributed by atoms with Crippen molar-refractivity contribution >= 4 is 155 Å². The highest BCUT2D eigenvalue weighted by Crippen LogP contribution is 2.49. The van der Waals surface area contributed by atoms with Gasteiger partial charge in [-0.15, -0.1) is 27.7 Å². The summed E-state index contributed by atoms with van der Waals surface area (Å²) in [6.07, 6.45) is 1.66. The van der Waals surface area contributed by atoms with Crippen molar-refractivity contribution in [1.29, 1.82) is 0 Å². The average molecular weight is 2060 g/mol. The van der Waals surface area contributed by atoms with Gasteiger partial charge in [-0.1, -0.05) is 74.2 Å². The topological polar surface area (TPSA) is 451 Å². The van der Waals surface area contributed by atoms with E-state index in [1.807, 2.05) is 0 Å². The molecule has 6 atom stereocenters. The number of nitrogens with one attached hydrogen (secondary N) is 4. The van der Waals surface area contributed by atoms with Gasteiger partial charge in [0, 0.05) is 125 Å². The minimum absolute atomic E-state index is 0. The summed E-state index contributed by atoms with van der Waals surface area (Å²) in [6.45, 7) is 17.7. The van der Waals surface area contributed by atoms with Crippen LogP contribution in [0.3, 0.4) is 0 Å². The van der Waals surface area contributed by atoms with Crippen LogP contribution in [0.15, 0.2) is 179 Å². The van der Waals surface area contributed by atoms with E-state index in [9.17, 15) is 80.9 Å². The van der Waals surface area contributed by atoms with Crippen LogP contribution in [0.25, 0.3) is 32.7 Å². The molecule has 46 heteroatoms. The number of Topliss-reactive ketones (excluding diaryl/α,β-unsaturated/α-hetero) is 3. The summed E-state index contributed by atoms with van der Waals surface area (Å²) in [4.78, 5) is 95.7. The van der Waals surface area contributed by atoms with Crippen molar-refractivity contribution in [2.24, 2.45) is 0 Å². The number of aliphatic carboxylic acids is 1. The van der Waals surface area contributed by atoms with Gasteiger partial charge in [-0.05, 0) is 165 Å². The molecule has 0 bridgehead atoms. The molecule has 3 aliphatic heterocycles. The number of benzene rings is 6. The van der Waals surface area contributed by atoms with E-state index < -0.39 is 102 Å². The van der Waals surface area contributed by atoms with Crippen LogP contribution in [0.4, 0.5) is 13.2 Å². The lowest BCUT2D eigenvalue weighted by Crippen LogP contribution is -2.40. The predicted molar refractivity (Wildman–Crippen MR) is 503 cm³/mol. The summed E-state index contributed by atoms with van der Waals surface area (Å²) in [5.41, 5.74) is 2.75. The number of halogens is 5. The van der Waals surface area contributed by atoms with Crippen molar-refractivity contribution in [3.63, 3.8) is 0 Å². The Morgan fingerprint density at radius 2 is 0.773 bits per heavy atom. The van der Waals surface area contributed by atoms with Gasteiger partial charge in [0.2, 0.25) is 41.9 Å². The van der Waals surface area contributed by atoms with Gasteiger partial charge in [-0.2, -0.15) is 0 Å². The Kier molecular flexibility index (Phi) is 42.3. The van der Waals surface area contributed by atoms with Gasteiger partial charge in [0.15, 0.2) is 36.4 Å². The minimum atomic E-state index is -4.41. The normalized spacial score (nSPS) is 17.1. The first kappa shape index (κ1) is 111. The highest BCUT2D eigenvalue weighted by molar-refractivity contribution is 9.26. The van der Waals surface area contributed by atoms with Gasteiger partial charge in [0.05, 0.1) is 54.2 Å². The second kappa shape index (κ2) is 50.5. The molecule has 12 rings (SSSR count). The first-order chi connectivity index (χ1) is 61.7. The number of alkyl halides is 3. The first-order valence-corrected chi connectivity index (χ1v) is 57.5. The van der Waals surface area contributed by atoms with Crippen molar-refractivity contribution in [3.8, 4) is 17.2 Å². The van der Waals surface area contributed by atoms with Gasteiger partial charge in [0.1, 0.15) is 62.1 Å². The second-order valence-corrected chi connectivity index (χ2v) is 53.7. The van der Waals surface area contributed by atoms with Crippen LogP contribution in [0.2, 0.25) is 19.6 Å². The van der Waals surface area contributed by atoms with E-state index in [1.54, 1.807) is 152 Å². The monoisotopic (exact) mass is 2060 g/mol. The Bertz CT molecular complexity index is 5910. The third-order valence-corrected chi connectivity index (χ3v) is 28.5. The Hall–Kier alpha value is -8.32. The van der Waals surface area contributed by atoms with Gasteiger partial charge in [-0.25, -0.2) is 52.6 Å². The zero-order chi connectivity index (χ0) is 96.4. The summed E-state index contributed by atoms with van der Waals surface area (Å²) in [5.74, 6) is -1.57. The maximum absolute atomic E-state index is 14.5. The summed E-state index contributed by atoms with van der Waals surface area (Å²) in [6, 6.07) is 37.4. The molecule has 3 aromatic heterocycles. The molecule has 3 aliphatic rings. The number of aromatic nitrogens is 3. The lowest BCUT2D eigenvalue weighted by Gasteiger charge is -2.25. The molecule has 0 unspecified atom stereocenters. The second-order valence-electron chi connectivity index (χ2n) is 31.6. The van der Waals surface area contributed by atoms with E-state index >= 15 is 0 Å². The van der Waals surface area contributed by atoms with Gasteiger partial charge in [0.25, 0.3) is 0 Å². The number of ketones is 3. The quantitative estimate of drug-likeness (QED) is 0.00810. The van der Waals surface area contributed by atoms with Crippen molar-refractivity contribution in [3.05, 3.63) is 181 Å². The molecular formula is C86H115BrClF3N9O25P3S3Si. The molecule has 0 radical (unpaired) electrons. The molecule has 2 amide bonds. The predicted octanol–water partition coefficient (Wildman–Crippen LogP) is 14.6. The fourth-order valence-corrected chi connectivity index (χ4v) is 20.6. The maximum atomic E-state index is 14.5. The highest BCUT2D eigenvalue weighted by Gasteiger charge is 2.38. The number of likely N-dealkylation sites (tertiary alicyclic amines) is 2. The van der Waals surface area contributed by atoms with Crippen LogP contribution in [0.5, 0.6) is 17.2 Å². The summed E-state index contributed by atoms with van der Waals surface area (Å²) >= 11 is 3.51. The molecule has 9 aromatic rings. The molecule has 0 saturated carbocycles. The van der Waals surface area contributed by atoms with Crippen LogP contribution in [0.1, 0.15) is 118 Å². The molecule has 0 aliphatic carbocycles. The summed E-state index contributed by atoms with van der Waals surface area (Å²) < 4.78 is 201. The number of nitrogens with zero attached hydrogens (tertiary/aromatic N) is 5. The number of hydrogen-bond donors (Lipinski definition) is 7. The largest absolute Gasteiger partial charge is 0.481 e. The SMILES string of the molecule is CC(=O)c1cn(CC(=O)N2C[C@H](F)C[C@H]2CCNS(=O)(=O)c2ccccc2)c2ccc(OCP(=O)(O)O)cc12.CCOP(=O)(COc1ccc2c(c1)c(C(C)=O)cn2CC(=O)N1C[C@H](F)C[C@H]1CCNS(=O)(=O)c1ccccc1)OCC.CCOP(=O)(COc1ccc2c(c1)c(C(C)=O)cn2CC(=O)O)OCC.C[Si](C)(C)Br.Cl.O=S(=O)(NCC[C@@H]1C[C@@H](F)CN1)c1ccccc1. The number of sulfonamides is 3. The number of carbonyl (C=O) groups excluding carboxylic acids is 5. The molecule has 3 saturated heterocycles. The first-order valence-electron chi connectivity index (χ1n) is 42.1. The number of ether oxygens (including phenoxy) is 3. The number of fused-ring (bicyclic) bond motifs is 3. The smallest absolute Gasteiger partial charge is 0.367 e. The summed E-state index contributed by atoms with van der Waals surface area (Å²) in [7, 11) is -22.1. The average Bonchev–Trinajstić information content (AvgIpc) is 1.62. The Balaban J connectivity index is 0.000000245. The van der Waals surface area contributed by atoms with Crippen molar-refractivity contribution in [2.45, 2.75) is 178 Å². The zero-order valence-electron chi connectivity index (χ0n) is 74.7. The number of carboxylic acid groups (broad SMARTS) is 1. The maximum Gasteiger partial charge on any atom is 0.367 e. The van der Waals surface area contributed by atoms with E-state index in [1.165, 1.54) is 83.9 Å². The number of amides is 2. The molecule has 3 fully saturated rings. The lowest BCUT2D eigenvalue weighted by molar-refractivity contribution is -0.137. The molecular weight excluding hydrogens is 1950 g/mol. The highest BCUT2D eigenvalue weighted by atomic mass is 79.9. The van der Waals surface area contributed by atoms with Crippen LogP contribution in [0, 0.1) is 0 Å². The molecule has 726 valence electrons. The summed E-state index contributed by atoms with van der Waals surface area (Å²) in [5, 5.41) is 13.6. The molecule has 6 heterocycles. The minimum Gasteiger partial charge on any atom is -0.481 e. The van der Waals surface area contributed by atoms with E-state index in [0.29, 0.717) is 81.3 Å². The van der Waals surface area contributed by atoms with E-state index in [2.05, 4.69) is 54.4 Å². The molecule has 132 heavy (non-hydrogen) atoms. The van der Waals surface area contributed by atoms with Crippen LogP contribution in [-0.4, -0.2) is 227 Å². The molecule has 0 spiro atoms. The van der Waals surface area contributed by atoms with Crippen LogP contribution in [-0.2, 0) is 95.9 Å². The van der Waals surface area contributed by atoms with E-state index in [-0.39, 0.29) is 184 Å². The zero-order valence-corrected chi connectivity index (χ0v) is 83.2. The molecule has 7 N–H and O–H groups in total. The standard InChI is InChI=1S/C29H37FN3O8PS.C25H29FN3O8PS.C17H22NO7P.C12H17FN2O2S.C3H9BrSi.ClH/c1-4-40-42(36,41-5-2)20-39-24-11-12-28-26(16-24)27(21(3)34)18-32(28)19-29(35)33-17-22(30)15-23(33)13-14-31-43(37,38)25-9-7-6-8-10-25;1-17(30)23-14-28(24-8-7-20(12-22(23)24)37-16-38(32,33)34)15-25(31)29-13-18(26)11-19(29)9-10-27-39(35,36)21-5-3-2-4-6-21;1-4-24-26(22,25-5-2)11-23-13-6-7-16-14(8-13)15(12(3)19)9-18(16)10-17(20)21;13-10-8-11(14-9-10)6-7-15-18(16,17)12-4-2-1-3-5-12;1-5(2,3)4;/h6-12,16,18,22-23,31H,4-5,13-15,17,19-20H2,1-3H3;2-8,12,14,18-19,27H,9-11,13,15-16H2,1H3,(H2,32,33,34);6-9H,4-5,10-11H2,1-3H3,(H,20,21);1-5,10-11,14-15H,6-9H2;1-3H3;1H/t22-,23-;18-,19-;;10-,11-;;/m11.1../s1. The van der Waals surface area contributed by atoms with Crippen molar-refractivity contribution < 1.29 is 128 Å². The van der Waals surface area contributed by atoms with E-state index in [0.717, 1.165) is 0 Å². The van der Waals surface area contributed by atoms with Crippen LogP contribution >= 0.6 is 50.5 Å². The van der Waals surface area contributed by atoms with Crippen LogP contribution < -0.4 is 33.7 Å². The third kappa shape index (κ3) is 33.9. The van der Waals surface area contributed by atoms with Gasteiger partial charge in [-0.3, -0.25) is 42.5 Å². The number of carbonyl (C=O) groups is 6. The van der Waals surface area contributed by atoms with Gasteiger partial charge >= 0.3 is 28.8 Å². The van der Waals surface area contributed by atoms with E-state index in [4.69, 9.17) is 47.2 Å². The number of rotatable bonds is 41. The molecule has 34 nitrogen and oxygen atoms in total. The third-order valence-electron chi connectivity index (χ3n) is 20.1. The lowest BCUT2D eigenvalue weighted by atomic mass is 10.1. The molecule has 6 aromatic carbocycles. The number of hydrogen-bond acceptors (Lipinski definition) is 23.